The van der Waals surface area contributed by atoms with Gasteiger partial charge in [-0.1, -0.05) is 0 Å². The lowest BCUT2D eigenvalue weighted by molar-refractivity contribution is -0.132. The van der Waals surface area contributed by atoms with E-state index in [0.717, 1.165) is 18.5 Å². The molecule has 3 rings (SSSR count). The summed E-state index contributed by atoms with van der Waals surface area (Å²) in [6, 6.07) is 0. The molecule has 0 aliphatic carbocycles. The normalized spacial score (nSPS) is 23.3. The number of hydrogen-bond donors (Lipinski definition) is 1. The summed E-state index contributed by atoms with van der Waals surface area (Å²) in [5, 5.41) is 7.05. The highest BCUT2D eigenvalue weighted by Gasteiger charge is 2.41. The highest BCUT2D eigenvalue weighted by molar-refractivity contribution is 5.96. The van der Waals surface area contributed by atoms with Gasteiger partial charge in [0.15, 0.2) is 5.78 Å². The summed E-state index contributed by atoms with van der Waals surface area (Å²) >= 11 is 0. The molecule has 1 atom stereocenters. The maximum Gasteiger partial charge on any atom is 0.407 e. The number of carbonyl (C=O) groups is 3. The monoisotopic (exact) mass is 348 g/mol. The Kier molecular flexibility index (Phi) is 4.53. The zero-order valence-electron chi connectivity index (χ0n) is 14.9. The number of alkyl carbamates (subject to hydrolysis) is 1. The topological polar surface area (TPSA) is 93.5 Å². The van der Waals surface area contributed by atoms with Gasteiger partial charge in [0.2, 0.25) is 5.91 Å². The van der Waals surface area contributed by atoms with Gasteiger partial charge in [-0.15, -0.1) is 0 Å². The third-order valence-corrected chi connectivity index (χ3v) is 5.13. The molecule has 2 amide bonds. The predicted molar refractivity (Wildman–Crippen MR) is 89.4 cm³/mol. The summed E-state index contributed by atoms with van der Waals surface area (Å²) < 4.78 is 7.04. The van der Waals surface area contributed by atoms with Crippen LogP contribution in [0.5, 0.6) is 0 Å². The van der Waals surface area contributed by atoms with E-state index in [4.69, 9.17) is 4.74 Å². The number of ether oxygens (including phenoxy) is 1. The molecule has 0 radical (unpaired) electrons. The highest BCUT2D eigenvalue weighted by atomic mass is 16.6. The Balaban J connectivity index is 1.67. The summed E-state index contributed by atoms with van der Waals surface area (Å²) in [5.41, 5.74) is 1.48. The summed E-state index contributed by atoms with van der Waals surface area (Å²) in [6.45, 7) is 6.91. The molecule has 0 unspecified atom stereocenters. The van der Waals surface area contributed by atoms with E-state index >= 15 is 0 Å². The Morgan fingerprint density at radius 2 is 2.04 bits per heavy atom. The second-order valence-corrected chi connectivity index (χ2v) is 6.92. The lowest BCUT2D eigenvalue weighted by Gasteiger charge is -2.25. The van der Waals surface area contributed by atoms with Crippen LogP contribution in [0.15, 0.2) is 0 Å². The zero-order valence-corrected chi connectivity index (χ0v) is 14.9. The van der Waals surface area contributed by atoms with E-state index in [-0.39, 0.29) is 24.3 Å². The van der Waals surface area contributed by atoms with Crippen molar-refractivity contribution in [2.45, 2.75) is 52.2 Å². The summed E-state index contributed by atoms with van der Waals surface area (Å²) in [7, 11) is 0. The van der Waals surface area contributed by atoms with Crippen molar-refractivity contribution in [3.8, 4) is 0 Å². The van der Waals surface area contributed by atoms with Gasteiger partial charge in [-0.2, -0.15) is 5.10 Å². The smallest absolute Gasteiger partial charge is 0.407 e. The maximum absolute atomic E-state index is 12.7. The SMILES string of the molecule is CC(=O)c1c(C)nn(CC(=O)N2CCC[C@@]3(CC2)CNC(=O)O3)c1C. The molecule has 136 valence electrons. The van der Waals surface area contributed by atoms with Crippen LogP contribution in [0.25, 0.3) is 0 Å². The zero-order chi connectivity index (χ0) is 18.2. The fraction of sp³-hybridized carbons (Fsp3) is 0.647. The first-order valence-corrected chi connectivity index (χ1v) is 8.61. The Labute approximate surface area is 146 Å². The van der Waals surface area contributed by atoms with Crippen LogP contribution in [0.1, 0.15) is 47.9 Å². The van der Waals surface area contributed by atoms with E-state index in [2.05, 4.69) is 10.4 Å². The molecule has 3 heterocycles. The third kappa shape index (κ3) is 3.38. The molecule has 0 aromatic carbocycles. The van der Waals surface area contributed by atoms with Crippen LogP contribution in [0.4, 0.5) is 4.79 Å². The van der Waals surface area contributed by atoms with E-state index in [1.165, 1.54) is 6.92 Å². The number of carbonyl (C=O) groups excluding carboxylic acids is 3. The number of aryl methyl sites for hydroxylation is 1. The first-order chi connectivity index (χ1) is 11.8. The maximum atomic E-state index is 12.7. The number of rotatable bonds is 3. The van der Waals surface area contributed by atoms with Crippen molar-refractivity contribution < 1.29 is 19.1 Å². The number of nitrogens with zero attached hydrogens (tertiary/aromatic N) is 3. The van der Waals surface area contributed by atoms with Gasteiger partial charge in [-0.25, -0.2) is 4.79 Å². The molecule has 1 aromatic heterocycles. The van der Waals surface area contributed by atoms with Crippen molar-refractivity contribution in [3.05, 3.63) is 17.0 Å². The van der Waals surface area contributed by atoms with E-state index in [0.29, 0.717) is 37.3 Å². The number of Topliss-reactive ketones (excluding diaryl/α,β-unsaturated/α-hetero) is 1. The van der Waals surface area contributed by atoms with Gasteiger partial charge < -0.3 is 15.0 Å². The Bertz CT molecular complexity index is 726. The van der Waals surface area contributed by atoms with E-state index < -0.39 is 5.60 Å². The molecule has 0 bridgehead atoms. The van der Waals surface area contributed by atoms with Crippen LogP contribution in [0.2, 0.25) is 0 Å². The number of aromatic nitrogens is 2. The van der Waals surface area contributed by atoms with Gasteiger partial charge in [0.05, 0.1) is 17.8 Å². The second kappa shape index (κ2) is 6.50. The van der Waals surface area contributed by atoms with Gasteiger partial charge in [0.1, 0.15) is 12.1 Å². The van der Waals surface area contributed by atoms with Crippen molar-refractivity contribution in [3.63, 3.8) is 0 Å². The Morgan fingerprint density at radius 1 is 1.28 bits per heavy atom. The first kappa shape index (κ1) is 17.4. The lowest BCUT2D eigenvalue weighted by Crippen LogP contribution is -2.38. The van der Waals surface area contributed by atoms with Gasteiger partial charge in [-0.05, 0) is 33.6 Å². The van der Waals surface area contributed by atoms with Crippen LogP contribution in [0.3, 0.4) is 0 Å². The molecule has 1 spiro atoms. The second-order valence-electron chi connectivity index (χ2n) is 6.92. The summed E-state index contributed by atoms with van der Waals surface area (Å²) in [6.07, 6.45) is 1.80. The number of amides is 2. The van der Waals surface area contributed by atoms with Crippen molar-refractivity contribution in [1.82, 2.24) is 20.0 Å². The van der Waals surface area contributed by atoms with Crippen LogP contribution in [-0.2, 0) is 16.1 Å². The van der Waals surface area contributed by atoms with Crippen LogP contribution in [0, 0.1) is 13.8 Å². The van der Waals surface area contributed by atoms with Crippen LogP contribution >= 0.6 is 0 Å². The summed E-state index contributed by atoms with van der Waals surface area (Å²) in [5.74, 6) is -0.0732. The van der Waals surface area contributed by atoms with Gasteiger partial charge in [0.25, 0.3) is 0 Å². The fourth-order valence-electron chi connectivity index (χ4n) is 3.79. The molecule has 8 nitrogen and oxygen atoms in total. The number of hydrogen-bond acceptors (Lipinski definition) is 5. The minimum absolute atomic E-state index is 0.0324. The lowest BCUT2D eigenvalue weighted by atomic mass is 9.95. The Morgan fingerprint density at radius 3 is 2.64 bits per heavy atom. The molecule has 1 N–H and O–H groups in total. The third-order valence-electron chi connectivity index (χ3n) is 5.13. The molecule has 8 heteroatoms. The minimum Gasteiger partial charge on any atom is -0.441 e. The standard InChI is InChI=1S/C17H24N4O4/c1-11-15(13(3)22)12(2)21(19-11)9-14(23)20-7-4-5-17(6-8-20)10-18-16(24)25-17/h4-10H2,1-3H3,(H,18,24)/t17-/m1/s1. The van der Waals surface area contributed by atoms with Crippen LogP contribution < -0.4 is 5.32 Å². The van der Waals surface area contributed by atoms with Crippen molar-refractivity contribution in [2.24, 2.45) is 0 Å². The molecular weight excluding hydrogens is 324 g/mol. The molecule has 25 heavy (non-hydrogen) atoms. The quantitative estimate of drug-likeness (QED) is 0.828. The first-order valence-electron chi connectivity index (χ1n) is 8.61. The molecule has 2 aliphatic heterocycles. The van der Waals surface area contributed by atoms with Gasteiger partial charge in [-0.3, -0.25) is 14.3 Å². The minimum atomic E-state index is -0.480. The molecule has 2 aliphatic rings. The van der Waals surface area contributed by atoms with E-state index in [1.54, 1.807) is 16.5 Å². The summed E-state index contributed by atoms with van der Waals surface area (Å²) in [4.78, 5) is 37.6. The fourth-order valence-corrected chi connectivity index (χ4v) is 3.79. The number of ketones is 1. The number of likely N-dealkylation sites (tertiary alicyclic amines) is 1. The highest BCUT2D eigenvalue weighted by Crippen LogP contribution is 2.29. The predicted octanol–water partition coefficient (Wildman–Crippen LogP) is 1.19. The molecule has 2 fully saturated rings. The van der Waals surface area contributed by atoms with Crippen molar-refractivity contribution >= 4 is 17.8 Å². The molecule has 2 saturated heterocycles. The van der Waals surface area contributed by atoms with Gasteiger partial charge in [0, 0.05) is 25.2 Å². The van der Waals surface area contributed by atoms with Crippen molar-refractivity contribution in [2.75, 3.05) is 19.6 Å². The largest absolute Gasteiger partial charge is 0.441 e. The van der Waals surface area contributed by atoms with Gasteiger partial charge >= 0.3 is 6.09 Å². The van der Waals surface area contributed by atoms with Crippen LogP contribution in [-0.4, -0.2) is 57.7 Å². The molecule has 0 saturated carbocycles. The van der Waals surface area contributed by atoms with Crippen molar-refractivity contribution in [1.29, 1.82) is 0 Å². The Hall–Kier alpha value is -2.38. The van der Waals surface area contributed by atoms with E-state index in [1.807, 2.05) is 6.92 Å². The van der Waals surface area contributed by atoms with E-state index in [9.17, 15) is 14.4 Å². The number of nitrogens with one attached hydrogen (secondary N) is 1. The molecule has 1 aromatic rings. The average Bonchev–Trinajstić information content (AvgIpc) is 2.93. The molecular formula is C17H24N4O4. The average molecular weight is 348 g/mol.